The molecule has 0 radical (unpaired) electrons. The number of carboxylic acid groups (broad SMARTS) is 1. The molecule has 116 valence electrons. The fourth-order valence-electron chi connectivity index (χ4n) is 2.56. The Balaban J connectivity index is 2.12. The first kappa shape index (κ1) is 16.1. The molecule has 1 N–H and O–H groups in total. The van der Waals surface area contributed by atoms with E-state index in [1.54, 1.807) is 0 Å². The summed E-state index contributed by atoms with van der Waals surface area (Å²) in [7, 11) is 0. The van der Waals surface area contributed by atoms with E-state index in [1.165, 1.54) is 6.07 Å². The molecule has 0 saturated carbocycles. The predicted octanol–water partition coefficient (Wildman–Crippen LogP) is 3.66. The summed E-state index contributed by atoms with van der Waals surface area (Å²) in [6.07, 6.45) is -3.11. The lowest BCUT2D eigenvalue weighted by Crippen LogP contribution is -2.38. The minimum absolute atomic E-state index is 0.0339. The SMILES string of the molecule is O=C(O)C1CCCN(Cc2cc(Cl)cc(C(F)(F)F)c2)C1. The van der Waals surface area contributed by atoms with E-state index in [4.69, 9.17) is 16.7 Å². The number of hydrogen-bond donors (Lipinski definition) is 1. The van der Waals surface area contributed by atoms with Gasteiger partial charge in [0, 0.05) is 18.1 Å². The van der Waals surface area contributed by atoms with E-state index in [9.17, 15) is 18.0 Å². The van der Waals surface area contributed by atoms with Gasteiger partial charge in [-0.05, 0) is 43.1 Å². The van der Waals surface area contributed by atoms with Crippen LogP contribution < -0.4 is 0 Å². The van der Waals surface area contributed by atoms with Crippen LogP contribution in [0.5, 0.6) is 0 Å². The number of nitrogens with zero attached hydrogens (tertiary/aromatic N) is 1. The molecule has 1 heterocycles. The molecule has 1 aliphatic heterocycles. The second-order valence-electron chi connectivity index (χ2n) is 5.26. The minimum Gasteiger partial charge on any atom is -0.481 e. The highest BCUT2D eigenvalue weighted by atomic mass is 35.5. The van der Waals surface area contributed by atoms with Crippen LogP contribution in [-0.2, 0) is 17.5 Å². The molecule has 7 heteroatoms. The van der Waals surface area contributed by atoms with Gasteiger partial charge in [0.25, 0.3) is 0 Å². The molecule has 1 aliphatic rings. The Kier molecular flexibility index (Phi) is 4.78. The van der Waals surface area contributed by atoms with Crippen LogP contribution in [0.3, 0.4) is 0 Å². The zero-order chi connectivity index (χ0) is 15.6. The minimum atomic E-state index is -4.44. The van der Waals surface area contributed by atoms with E-state index >= 15 is 0 Å². The van der Waals surface area contributed by atoms with Crippen LogP contribution >= 0.6 is 11.6 Å². The van der Waals surface area contributed by atoms with E-state index in [0.717, 1.165) is 18.6 Å². The summed E-state index contributed by atoms with van der Waals surface area (Å²) in [6, 6.07) is 3.44. The van der Waals surface area contributed by atoms with Crippen LogP contribution in [0.25, 0.3) is 0 Å². The van der Waals surface area contributed by atoms with Gasteiger partial charge in [-0.1, -0.05) is 11.6 Å². The van der Waals surface area contributed by atoms with Gasteiger partial charge in [0.1, 0.15) is 0 Å². The Bertz CT molecular complexity index is 533. The number of likely N-dealkylation sites (tertiary alicyclic amines) is 1. The van der Waals surface area contributed by atoms with E-state index in [1.807, 2.05) is 4.90 Å². The molecule has 1 unspecified atom stereocenters. The molecule has 3 nitrogen and oxygen atoms in total. The van der Waals surface area contributed by atoms with Gasteiger partial charge in [-0.25, -0.2) is 0 Å². The van der Waals surface area contributed by atoms with Crippen molar-refractivity contribution < 1.29 is 23.1 Å². The summed E-state index contributed by atoms with van der Waals surface area (Å²) in [6.45, 7) is 1.30. The van der Waals surface area contributed by atoms with Crippen LogP contribution in [0.15, 0.2) is 18.2 Å². The monoisotopic (exact) mass is 321 g/mol. The van der Waals surface area contributed by atoms with Crippen molar-refractivity contribution in [3.05, 3.63) is 34.3 Å². The normalized spacial score (nSPS) is 20.5. The number of piperidine rings is 1. The van der Waals surface area contributed by atoms with Gasteiger partial charge in [-0.2, -0.15) is 13.2 Å². The van der Waals surface area contributed by atoms with Gasteiger partial charge in [-0.15, -0.1) is 0 Å². The highest BCUT2D eigenvalue weighted by molar-refractivity contribution is 6.30. The lowest BCUT2D eigenvalue weighted by molar-refractivity contribution is -0.143. The van der Waals surface area contributed by atoms with Crippen molar-refractivity contribution in [1.82, 2.24) is 4.90 Å². The maximum Gasteiger partial charge on any atom is 0.416 e. The Hall–Kier alpha value is -1.27. The molecule has 0 spiro atoms. The molecule has 0 amide bonds. The second kappa shape index (κ2) is 6.23. The van der Waals surface area contributed by atoms with Crippen molar-refractivity contribution >= 4 is 17.6 Å². The average Bonchev–Trinajstić information content (AvgIpc) is 2.37. The van der Waals surface area contributed by atoms with Crippen molar-refractivity contribution in [3.8, 4) is 0 Å². The number of carbonyl (C=O) groups is 1. The molecule has 0 aliphatic carbocycles. The standard InChI is InChI=1S/C14H15ClF3NO2/c15-12-5-9(4-11(6-12)14(16,17)18)7-19-3-1-2-10(8-19)13(20)21/h4-6,10H,1-3,7-8H2,(H,20,21). The van der Waals surface area contributed by atoms with Crippen molar-refractivity contribution in [2.45, 2.75) is 25.6 Å². The molecule has 1 atom stereocenters. The van der Waals surface area contributed by atoms with Crippen molar-refractivity contribution in [2.75, 3.05) is 13.1 Å². The van der Waals surface area contributed by atoms with Gasteiger partial charge < -0.3 is 5.11 Å². The summed E-state index contributed by atoms with van der Waals surface area (Å²) in [5, 5.41) is 9.05. The van der Waals surface area contributed by atoms with Crippen LogP contribution in [0.4, 0.5) is 13.2 Å². The zero-order valence-corrected chi connectivity index (χ0v) is 11.9. The highest BCUT2D eigenvalue weighted by Crippen LogP contribution is 2.32. The first-order valence-corrected chi connectivity index (χ1v) is 6.95. The Labute approximate surface area is 125 Å². The third-order valence-corrected chi connectivity index (χ3v) is 3.76. The quantitative estimate of drug-likeness (QED) is 0.923. The number of carboxylic acids is 1. The molecule has 1 fully saturated rings. The maximum absolute atomic E-state index is 12.7. The molecular weight excluding hydrogens is 307 g/mol. The predicted molar refractivity (Wildman–Crippen MR) is 72.1 cm³/mol. The molecule has 1 aromatic carbocycles. The zero-order valence-electron chi connectivity index (χ0n) is 11.2. The molecule has 0 bridgehead atoms. The summed E-state index contributed by atoms with van der Waals surface area (Å²) in [4.78, 5) is 12.9. The fraction of sp³-hybridized carbons (Fsp3) is 0.500. The summed E-state index contributed by atoms with van der Waals surface area (Å²) in [5.74, 6) is -1.32. The van der Waals surface area contributed by atoms with Crippen molar-refractivity contribution in [1.29, 1.82) is 0 Å². The van der Waals surface area contributed by atoms with Crippen LogP contribution in [-0.4, -0.2) is 29.1 Å². The van der Waals surface area contributed by atoms with E-state index in [0.29, 0.717) is 25.1 Å². The molecule has 2 rings (SSSR count). The van der Waals surface area contributed by atoms with Gasteiger partial charge >= 0.3 is 12.1 Å². The molecular formula is C14H15ClF3NO2. The third-order valence-electron chi connectivity index (χ3n) is 3.55. The third kappa shape index (κ3) is 4.35. The van der Waals surface area contributed by atoms with E-state index in [-0.39, 0.29) is 11.6 Å². The summed E-state index contributed by atoms with van der Waals surface area (Å²) in [5.41, 5.74) is -0.336. The Morgan fingerprint density at radius 3 is 2.71 bits per heavy atom. The Morgan fingerprint density at radius 2 is 2.10 bits per heavy atom. The van der Waals surface area contributed by atoms with Crippen LogP contribution in [0, 0.1) is 5.92 Å². The molecule has 1 saturated heterocycles. The molecule has 21 heavy (non-hydrogen) atoms. The van der Waals surface area contributed by atoms with E-state index in [2.05, 4.69) is 0 Å². The lowest BCUT2D eigenvalue weighted by atomic mass is 9.97. The van der Waals surface area contributed by atoms with Crippen molar-refractivity contribution in [2.24, 2.45) is 5.92 Å². The van der Waals surface area contributed by atoms with Gasteiger partial charge in [-0.3, -0.25) is 9.69 Å². The smallest absolute Gasteiger partial charge is 0.416 e. The fourth-order valence-corrected chi connectivity index (χ4v) is 2.82. The number of alkyl halides is 3. The Morgan fingerprint density at radius 1 is 1.38 bits per heavy atom. The number of aliphatic carboxylic acids is 1. The van der Waals surface area contributed by atoms with E-state index < -0.39 is 23.6 Å². The summed E-state index contributed by atoms with van der Waals surface area (Å²) >= 11 is 5.74. The first-order valence-electron chi connectivity index (χ1n) is 6.57. The number of hydrogen-bond acceptors (Lipinski definition) is 2. The average molecular weight is 322 g/mol. The lowest BCUT2D eigenvalue weighted by Gasteiger charge is -2.30. The van der Waals surface area contributed by atoms with Crippen molar-refractivity contribution in [3.63, 3.8) is 0 Å². The number of rotatable bonds is 3. The first-order chi connectivity index (χ1) is 9.75. The number of benzene rings is 1. The largest absolute Gasteiger partial charge is 0.481 e. The highest BCUT2D eigenvalue weighted by Gasteiger charge is 2.31. The topological polar surface area (TPSA) is 40.5 Å². The van der Waals surface area contributed by atoms with Gasteiger partial charge in [0.15, 0.2) is 0 Å². The second-order valence-corrected chi connectivity index (χ2v) is 5.69. The number of halogens is 4. The van der Waals surface area contributed by atoms with Gasteiger partial charge in [0.2, 0.25) is 0 Å². The van der Waals surface area contributed by atoms with Crippen LogP contribution in [0.1, 0.15) is 24.0 Å². The summed E-state index contributed by atoms with van der Waals surface area (Å²) < 4.78 is 38.2. The molecule has 1 aromatic rings. The maximum atomic E-state index is 12.7. The molecule has 0 aromatic heterocycles. The van der Waals surface area contributed by atoms with Crippen LogP contribution in [0.2, 0.25) is 5.02 Å². The van der Waals surface area contributed by atoms with Gasteiger partial charge in [0.05, 0.1) is 11.5 Å².